The molecule has 1 atom stereocenters. The van der Waals surface area contributed by atoms with Crippen molar-refractivity contribution in [1.82, 2.24) is 0 Å². The van der Waals surface area contributed by atoms with E-state index in [0.29, 0.717) is 17.0 Å². The van der Waals surface area contributed by atoms with Gasteiger partial charge in [0.2, 0.25) is 0 Å². The number of amides is 1. The maximum absolute atomic E-state index is 12.1. The van der Waals surface area contributed by atoms with Crippen LogP contribution in [-0.4, -0.2) is 24.6 Å². The Hall–Kier alpha value is -3.33. The van der Waals surface area contributed by atoms with Crippen LogP contribution < -0.4 is 10.1 Å². The number of benzene rings is 2. The lowest BCUT2D eigenvalue weighted by Crippen LogP contribution is -2.31. The molecular formula is C20H20N2O4. The average Bonchev–Trinajstić information content (AvgIpc) is 2.61. The fourth-order valence-electron chi connectivity index (χ4n) is 2.35. The molecule has 134 valence electrons. The first-order valence-corrected chi connectivity index (χ1v) is 8.10. The molecule has 26 heavy (non-hydrogen) atoms. The number of ether oxygens (including phenoxy) is 2. The molecule has 0 aliphatic rings. The summed E-state index contributed by atoms with van der Waals surface area (Å²) in [6.45, 7) is 4.96. The molecule has 6 nitrogen and oxygen atoms in total. The Bertz CT molecular complexity index is 835. The quantitative estimate of drug-likeness (QED) is 0.807. The minimum atomic E-state index is -0.991. The normalized spacial score (nSPS) is 11.2. The fourth-order valence-corrected chi connectivity index (χ4v) is 2.35. The first kappa shape index (κ1) is 19.0. The van der Waals surface area contributed by atoms with Crippen molar-refractivity contribution in [3.05, 3.63) is 59.2 Å². The van der Waals surface area contributed by atoms with E-state index in [1.165, 1.54) is 13.0 Å². The van der Waals surface area contributed by atoms with Crippen LogP contribution >= 0.6 is 0 Å². The Balaban J connectivity index is 1.88. The summed E-state index contributed by atoms with van der Waals surface area (Å²) in [6.07, 6.45) is -0.991. The van der Waals surface area contributed by atoms with Crippen LogP contribution in [0.3, 0.4) is 0 Å². The fraction of sp³-hybridized carbons (Fsp3) is 0.250. The lowest BCUT2D eigenvalue weighted by atomic mass is 10.1. The Kier molecular flexibility index (Phi) is 6.34. The summed E-state index contributed by atoms with van der Waals surface area (Å²) in [5.74, 6) is -0.489. The van der Waals surface area contributed by atoms with E-state index in [-0.39, 0.29) is 6.61 Å². The van der Waals surface area contributed by atoms with Gasteiger partial charge in [-0.15, -0.1) is 0 Å². The summed E-state index contributed by atoms with van der Waals surface area (Å²) in [7, 11) is 0. The number of nitrogens with zero attached hydrogens (tertiary/aromatic N) is 1. The van der Waals surface area contributed by atoms with Crippen LogP contribution in [0.15, 0.2) is 42.5 Å². The number of nitriles is 1. The van der Waals surface area contributed by atoms with Gasteiger partial charge in [0.1, 0.15) is 5.75 Å². The van der Waals surface area contributed by atoms with Crippen LogP contribution in [0.4, 0.5) is 5.69 Å². The third kappa shape index (κ3) is 5.08. The third-order valence-electron chi connectivity index (χ3n) is 3.68. The van der Waals surface area contributed by atoms with Gasteiger partial charge >= 0.3 is 5.97 Å². The molecule has 1 N–H and O–H groups in total. The second-order valence-electron chi connectivity index (χ2n) is 5.82. The van der Waals surface area contributed by atoms with E-state index in [1.807, 2.05) is 38.1 Å². The van der Waals surface area contributed by atoms with E-state index in [9.17, 15) is 9.59 Å². The van der Waals surface area contributed by atoms with Gasteiger partial charge in [-0.2, -0.15) is 5.26 Å². The number of anilines is 1. The molecule has 0 radical (unpaired) electrons. The number of carbonyl (C=O) groups is 2. The Morgan fingerprint density at radius 3 is 2.46 bits per heavy atom. The molecule has 0 heterocycles. The van der Waals surface area contributed by atoms with Crippen molar-refractivity contribution >= 4 is 17.6 Å². The summed E-state index contributed by atoms with van der Waals surface area (Å²) in [5, 5.41) is 11.5. The third-order valence-corrected chi connectivity index (χ3v) is 3.68. The Labute approximate surface area is 152 Å². The monoisotopic (exact) mass is 352 g/mol. The predicted molar refractivity (Wildman–Crippen MR) is 96.8 cm³/mol. The number of aryl methyl sites for hydroxylation is 2. The van der Waals surface area contributed by atoms with Gasteiger partial charge in [0, 0.05) is 5.69 Å². The molecule has 0 unspecified atom stereocenters. The Morgan fingerprint density at radius 2 is 1.81 bits per heavy atom. The van der Waals surface area contributed by atoms with Crippen LogP contribution in [0.1, 0.15) is 23.6 Å². The summed E-state index contributed by atoms with van der Waals surface area (Å²) < 4.78 is 10.6. The predicted octanol–water partition coefficient (Wildman–Crippen LogP) is 3.12. The highest BCUT2D eigenvalue weighted by molar-refractivity contribution is 5.95. The van der Waals surface area contributed by atoms with Crippen molar-refractivity contribution in [2.75, 3.05) is 11.9 Å². The zero-order valence-electron chi connectivity index (χ0n) is 14.9. The molecule has 0 spiro atoms. The van der Waals surface area contributed by atoms with Gasteiger partial charge < -0.3 is 14.8 Å². The lowest BCUT2D eigenvalue weighted by molar-refractivity contribution is -0.155. The molecule has 0 aliphatic heterocycles. The summed E-state index contributed by atoms with van der Waals surface area (Å²) >= 11 is 0. The first-order chi connectivity index (χ1) is 12.4. The second-order valence-corrected chi connectivity index (χ2v) is 5.82. The van der Waals surface area contributed by atoms with E-state index in [4.69, 9.17) is 14.7 Å². The number of hydrogen-bond acceptors (Lipinski definition) is 5. The molecule has 2 rings (SSSR count). The van der Waals surface area contributed by atoms with Crippen LogP contribution in [0.2, 0.25) is 0 Å². The van der Waals surface area contributed by atoms with Gasteiger partial charge in [0.15, 0.2) is 12.7 Å². The van der Waals surface area contributed by atoms with E-state index in [0.717, 1.165) is 11.1 Å². The number of hydrogen-bond donors (Lipinski definition) is 1. The molecule has 0 aromatic heterocycles. The smallest absolute Gasteiger partial charge is 0.344 e. The topological polar surface area (TPSA) is 88.4 Å². The van der Waals surface area contributed by atoms with Crippen molar-refractivity contribution in [2.24, 2.45) is 0 Å². The maximum atomic E-state index is 12.1. The molecule has 2 aromatic rings. The first-order valence-electron chi connectivity index (χ1n) is 8.10. The van der Waals surface area contributed by atoms with Crippen molar-refractivity contribution in [3.63, 3.8) is 0 Å². The standard InChI is InChI=1S/C20H20N2O4/c1-13-6-4-7-14(2)19(13)25-12-18(23)26-15(3)20(24)22-17-9-5-8-16(10-17)11-21/h4-10,15H,12H2,1-3H3,(H,22,24)/t15-/m0/s1. The molecular weight excluding hydrogens is 332 g/mol. The van der Waals surface area contributed by atoms with Crippen molar-refractivity contribution in [1.29, 1.82) is 5.26 Å². The zero-order chi connectivity index (χ0) is 19.1. The van der Waals surface area contributed by atoms with Crippen LogP contribution in [0, 0.1) is 25.2 Å². The van der Waals surface area contributed by atoms with E-state index in [2.05, 4.69) is 5.32 Å². The largest absolute Gasteiger partial charge is 0.481 e. The molecule has 1 amide bonds. The average molecular weight is 352 g/mol. The van der Waals surface area contributed by atoms with Gasteiger partial charge in [-0.05, 0) is 50.1 Å². The van der Waals surface area contributed by atoms with Crippen LogP contribution in [0.25, 0.3) is 0 Å². The van der Waals surface area contributed by atoms with Crippen LogP contribution in [0.5, 0.6) is 5.75 Å². The minimum absolute atomic E-state index is 0.284. The Morgan fingerprint density at radius 1 is 1.15 bits per heavy atom. The van der Waals surface area contributed by atoms with Gasteiger partial charge in [-0.25, -0.2) is 4.79 Å². The highest BCUT2D eigenvalue weighted by atomic mass is 16.6. The second kappa shape index (κ2) is 8.67. The highest BCUT2D eigenvalue weighted by Gasteiger charge is 2.19. The lowest BCUT2D eigenvalue weighted by Gasteiger charge is -2.15. The summed E-state index contributed by atoms with van der Waals surface area (Å²) in [6, 6.07) is 14.1. The highest BCUT2D eigenvalue weighted by Crippen LogP contribution is 2.22. The van der Waals surface area contributed by atoms with Gasteiger partial charge in [0.25, 0.3) is 5.91 Å². The molecule has 6 heteroatoms. The summed E-state index contributed by atoms with van der Waals surface area (Å²) in [4.78, 5) is 24.1. The van der Waals surface area contributed by atoms with Gasteiger partial charge in [0.05, 0.1) is 11.6 Å². The van der Waals surface area contributed by atoms with Crippen molar-refractivity contribution in [3.8, 4) is 11.8 Å². The molecule has 0 saturated heterocycles. The summed E-state index contributed by atoms with van der Waals surface area (Å²) in [5.41, 5.74) is 2.72. The van der Waals surface area contributed by atoms with E-state index >= 15 is 0 Å². The van der Waals surface area contributed by atoms with E-state index < -0.39 is 18.0 Å². The van der Waals surface area contributed by atoms with Crippen LogP contribution in [-0.2, 0) is 14.3 Å². The number of esters is 1. The number of nitrogens with one attached hydrogen (secondary N) is 1. The van der Waals surface area contributed by atoms with Gasteiger partial charge in [-0.1, -0.05) is 24.3 Å². The molecule has 0 saturated carbocycles. The molecule has 0 bridgehead atoms. The number of carbonyl (C=O) groups excluding carboxylic acids is 2. The number of para-hydroxylation sites is 1. The maximum Gasteiger partial charge on any atom is 0.344 e. The van der Waals surface area contributed by atoms with Crippen molar-refractivity contribution in [2.45, 2.75) is 26.9 Å². The SMILES string of the molecule is Cc1cccc(C)c1OCC(=O)O[C@@H](C)C(=O)Nc1cccc(C#N)c1. The van der Waals surface area contributed by atoms with E-state index in [1.54, 1.807) is 18.2 Å². The minimum Gasteiger partial charge on any atom is -0.481 e. The number of rotatable bonds is 6. The zero-order valence-corrected chi connectivity index (χ0v) is 14.9. The van der Waals surface area contributed by atoms with Gasteiger partial charge in [-0.3, -0.25) is 4.79 Å². The molecule has 2 aromatic carbocycles. The molecule has 0 fully saturated rings. The molecule has 0 aliphatic carbocycles. The van der Waals surface area contributed by atoms with Crippen molar-refractivity contribution < 1.29 is 19.1 Å².